The van der Waals surface area contributed by atoms with E-state index in [1.165, 1.54) is 0 Å². The summed E-state index contributed by atoms with van der Waals surface area (Å²) in [5.41, 5.74) is 4.73. The fraction of sp³-hybridized carbons (Fsp3) is 0.448. The standard InChI is InChI=1S/C29H37NO4/c1-18(2)34-16-8-15-30-25(21-11-13-23(14-12-21)29(5,6)7)24(27(32)28(30)33)26(31)22-10-9-19(3)20(4)17-22/h9-14,17-18,25,31H,8,15-16H2,1-7H3/b26-24-. The van der Waals surface area contributed by atoms with E-state index in [0.717, 1.165) is 22.3 Å². The van der Waals surface area contributed by atoms with E-state index < -0.39 is 17.7 Å². The Morgan fingerprint density at radius 2 is 1.68 bits per heavy atom. The third-order valence-electron chi connectivity index (χ3n) is 6.41. The Balaban J connectivity index is 2.07. The van der Waals surface area contributed by atoms with Gasteiger partial charge in [-0.25, -0.2) is 0 Å². The third kappa shape index (κ3) is 5.41. The first-order valence-corrected chi connectivity index (χ1v) is 12.0. The van der Waals surface area contributed by atoms with Gasteiger partial charge in [0.2, 0.25) is 0 Å². The van der Waals surface area contributed by atoms with Gasteiger partial charge in [-0.05, 0) is 67.9 Å². The van der Waals surface area contributed by atoms with Crippen molar-refractivity contribution in [3.63, 3.8) is 0 Å². The van der Waals surface area contributed by atoms with Crippen molar-refractivity contribution in [3.05, 3.63) is 75.9 Å². The molecule has 1 amide bonds. The monoisotopic (exact) mass is 463 g/mol. The quantitative estimate of drug-likeness (QED) is 0.243. The Labute approximate surface area is 203 Å². The number of likely N-dealkylation sites (tertiary alicyclic amines) is 1. The molecule has 5 heteroatoms. The van der Waals surface area contributed by atoms with Crippen molar-refractivity contribution < 1.29 is 19.4 Å². The summed E-state index contributed by atoms with van der Waals surface area (Å²) in [6.07, 6.45) is 0.701. The number of aliphatic hydroxyl groups is 1. The molecule has 1 aliphatic heterocycles. The number of nitrogens with zero attached hydrogens (tertiary/aromatic N) is 1. The molecule has 1 atom stereocenters. The molecule has 0 spiro atoms. The van der Waals surface area contributed by atoms with E-state index in [1.807, 2.05) is 64.1 Å². The number of carbonyl (C=O) groups excluding carboxylic acids is 2. The fourth-order valence-corrected chi connectivity index (χ4v) is 4.22. The van der Waals surface area contributed by atoms with E-state index >= 15 is 0 Å². The molecule has 0 bridgehead atoms. The normalized spacial score (nSPS) is 18.2. The van der Waals surface area contributed by atoms with Gasteiger partial charge in [0.15, 0.2) is 0 Å². The highest BCUT2D eigenvalue weighted by atomic mass is 16.5. The van der Waals surface area contributed by atoms with Crippen LogP contribution in [0.3, 0.4) is 0 Å². The van der Waals surface area contributed by atoms with E-state index in [2.05, 4.69) is 20.8 Å². The number of ketones is 1. The minimum absolute atomic E-state index is 0.0199. The summed E-state index contributed by atoms with van der Waals surface area (Å²) < 4.78 is 5.64. The van der Waals surface area contributed by atoms with Crippen LogP contribution >= 0.6 is 0 Å². The van der Waals surface area contributed by atoms with Crippen molar-refractivity contribution in [2.75, 3.05) is 13.2 Å². The summed E-state index contributed by atoms with van der Waals surface area (Å²) >= 11 is 0. The van der Waals surface area contributed by atoms with Crippen molar-refractivity contribution in [1.29, 1.82) is 0 Å². The van der Waals surface area contributed by atoms with E-state index in [9.17, 15) is 14.7 Å². The van der Waals surface area contributed by atoms with Gasteiger partial charge in [-0.2, -0.15) is 0 Å². The van der Waals surface area contributed by atoms with Gasteiger partial charge in [0, 0.05) is 18.7 Å². The predicted molar refractivity (Wildman–Crippen MR) is 136 cm³/mol. The van der Waals surface area contributed by atoms with Crippen LogP contribution in [0.1, 0.15) is 74.9 Å². The topological polar surface area (TPSA) is 66.8 Å². The third-order valence-corrected chi connectivity index (χ3v) is 6.41. The molecule has 0 aliphatic carbocycles. The maximum absolute atomic E-state index is 13.2. The van der Waals surface area contributed by atoms with Gasteiger partial charge in [-0.3, -0.25) is 9.59 Å². The first kappa shape index (κ1) is 25.7. The number of aryl methyl sites for hydroxylation is 2. The van der Waals surface area contributed by atoms with Gasteiger partial charge in [-0.15, -0.1) is 0 Å². The van der Waals surface area contributed by atoms with Crippen LogP contribution in [-0.4, -0.2) is 41.0 Å². The average molecular weight is 464 g/mol. The molecule has 1 heterocycles. The van der Waals surface area contributed by atoms with Crippen molar-refractivity contribution >= 4 is 17.4 Å². The molecule has 1 fully saturated rings. The maximum Gasteiger partial charge on any atom is 0.295 e. The Hall–Kier alpha value is -2.92. The van der Waals surface area contributed by atoms with Crippen LogP contribution in [-0.2, 0) is 19.7 Å². The van der Waals surface area contributed by atoms with Gasteiger partial charge < -0.3 is 14.7 Å². The lowest BCUT2D eigenvalue weighted by molar-refractivity contribution is -0.140. The molecule has 182 valence electrons. The highest BCUT2D eigenvalue weighted by Gasteiger charge is 2.45. The van der Waals surface area contributed by atoms with Crippen LogP contribution in [0.5, 0.6) is 0 Å². The molecule has 2 aromatic rings. The number of benzene rings is 2. The lowest BCUT2D eigenvalue weighted by Crippen LogP contribution is -2.31. The van der Waals surface area contributed by atoms with Crippen LogP contribution in [0, 0.1) is 13.8 Å². The lowest BCUT2D eigenvalue weighted by atomic mass is 9.85. The first-order chi connectivity index (χ1) is 15.9. The average Bonchev–Trinajstić information content (AvgIpc) is 3.02. The minimum Gasteiger partial charge on any atom is -0.507 e. The zero-order valence-corrected chi connectivity index (χ0v) is 21.4. The Kier molecular flexibility index (Phi) is 7.67. The van der Waals surface area contributed by atoms with Crippen LogP contribution in [0.25, 0.3) is 5.76 Å². The molecular formula is C29H37NO4. The van der Waals surface area contributed by atoms with Crippen LogP contribution in [0.2, 0.25) is 0 Å². The number of hydrogen-bond acceptors (Lipinski definition) is 4. The van der Waals surface area contributed by atoms with E-state index in [0.29, 0.717) is 25.1 Å². The van der Waals surface area contributed by atoms with Crippen molar-refractivity contribution in [2.45, 2.75) is 72.4 Å². The second-order valence-electron chi connectivity index (χ2n) is 10.4. The van der Waals surface area contributed by atoms with Gasteiger partial charge in [-0.1, -0.05) is 57.2 Å². The molecular weight excluding hydrogens is 426 g/mol. The second-order valence-corrected chi connectivity index (χ2v) is 10.4. The van der Waals surface area contributed by atoms with E-state index in [4.69, 9.17) is 4.74 Å². The SMILES string of the molecule is Cc1ccc(/C(O)=C2/C(=O)C(=O)N(CCCOC(C)C)C2c2ccc(C(C)(C)C)cc2)cc1C. The zero-order chi connectivity index (χ0) is 25.2. The van der Waals surface area contributed by atoms with Gasteiger partial charge in [0.25, 0.3) is 11.7 Å². The molecule has 34 heavy (non-hydrogen) atoms. The van der Waals surface area contributed by atoms with Crippen molar-refractivity contribution in [1.82, 2.24) is 4.90 Å². The van der Waals surface area contributed by atoms with Crippen LogP contribution < -0.4 is 0 Å². The number of aliphatic hydroxyl groups excluding tert-OH is 1. The number of carbonyl (C=O) groups is 2. The molecule has 2 aromatic carbocycles. The molecule has 1 N–H and O–H groups in total. The van der Waals surface area contributed by atoms with E-state index in [1.54, 1.807) is 11.0 Å². The number of hydrogen-bond donors (Lipinski definition) is 1. The summed E-state index contributed by atoms with van der Waals surface area (Å²) in [5, 5.41) is 11.3. The van der Waals surface area contributed by atoms with Crippen molar-refractivity contribution in [2.24, 2.45) is 0 Å². The van der Waals surface area contributed by atoms with Gasteiger partial charge in [0.1, 0.15) is 5.76 Å². The maximum atomic E-state index is 13.2. The van der Waals surface area contributed by atoms with Gasteiger partial charge >= 0.3 is 0 Å². The summed E-state index contributed by atoms with van der Waals surface area (Å²) in [7, 11) is 0. The molecule has 1 aliphatic rings. The zero-order valence-electron chi connectivity index (χ0n) is 21.4. The number of amides is 1. The summed E-state index contributed by atoms with van der Waals surface area (Å²) in [5.74, 6) is -1.36. The number of Topliss-reactive ketones (excluding diaryl/α,β-unsaturated/α-hetero) is 1. The molecule has 1 unspecified atom stereocenters. The predicted octanol–water partition coefficient (Wildman–Crippen LogP) is 5.84. The van der Waals surface area contributed by atoms with Crippen LogP contribution in [0.15, 0.2) is 48.0 Å². The minimum atomic E-state index is -0.648. The van der Waals surface area contributed by atoms with Gasteiger partial charge in [0.05, 0.1) is 17.7 Å². The van der Waals surface area contributed by atoms with Crippen molar-refractivity contribution in [3.8, 4) is 0 Å². The number of rotatable bonds is 7. The Morgan fingerprint density at radius 3 is 2.24 bits per heavy atom. The summed E-state index contributed by atoms with van der Waals surface area (Å²) in [4.78, 5) is 27.9. The molecule has 1 saturated heterocycles. The Morgan fingerprint density at radius 1 is 1.03 bits per heavy atom. The lowest BCUT2D eigenvalue weighted by Gasteiger charge is -2.26. The molecule has 3 rings (SSSR count). The van der Waals surface area contributed by atoms with E-state index in [-0.39, 0.29) is 22.9 Å². The molecule has 0 radical (unpaired) electrons. The summed E-state index contributed by atoms with van der Waals surface area (Å²) in [6.45, 7) is 15.2. The molecule has 0 saturated carbocycles. The number of ether oxygens (including phenoxy) is 1. The second kappa shape index (κ2) is 10.1. The Bertz CT molecular complexity index is 1090. The molecule has 0 aromatic heterocycles. The highest BCUT2D eigenvalue weighted by Crippen LogP contribution is 2.40. The first-order valence-electron chi connectivity index (χ1n) is 12.0. The fourth-order valence-electron chi connectivity index (χ4n) is 4.22. The largest absolute Gasteiger partial charge is 0.507 e. The smallest absolute Gasteiger partial charge is 0.295 e. The summed E-state index contributed by atoms with van der Waals surface area (Å²) in [6, 6.07) is 12.9. The van der Waals surface area contributed by atoms with Crippen LogP contribution in [0.4, 0.5) is 0 Å². The highest BCUT2D eigenvalue weighted by molar-refractivity contribution is 6.46. The molecule has 5 nitrogen and oxygen atoms in total.